The first-order valence-electron chi connectivity index (χ1n) is 11.5. The SMILES string of the molecule is CC(=O)Oc1c(C#Cc2ccc(-c3cccc4c3[nH]c3ccccc34)cc2)cc(Cl)c2cccnc12. The number of halogens is 1. The van der Waals surface area contributed by atoms with Gasteiger partial charge >= 0.3 is 5.97 Å². The molecule has 1 N–H and O–H groups in total. The first-order valence-corrected chi connectivity index (χ1v) is 11.8. The first-order chi connectivity index (χ1) is 17.6. The van der Waals surface area contributed by atoms with Gasteiger partial charge in [0.05, 0.1) is 16.1 Å². The van der Waals surface area contributed by atoms with E-state index in [4.69, 9.17) is 16.3 Å². The lowest BCUT2D eigenvalue weighted by Crippen LogP contribution is -2.04. The van der Waals surface area contributed by atoms with Crippen molar-refractivity contribution in [3.8, 4) is 28.7 Å². The van der Waals surface area contributed by atoms with Crippen molar-refractivity contribution < 1.29 is 9.53 Å². The van der Waals surface area contributed by atoms with E-state index in [1.807, 2.05) is 24.3 Å². The monoisotopic (exact) mass is 486 g/mol. The quantitative estimate of drug-likeness (QED) is 0.156. The van der Waals surface area contributed by atoms with Gasteiger partial charge < -0.3 is 9.72 Å². The lowest BCUT2D eigenvalue weighted by Gasteiger charge is -2.09. The number of aromatic amines is 1. The molecule has 0 radical (unpaired) electrons. The van der Waals surface area contributed by atoms with Gasteiger partial charge in [0.25, 0.3) is 0 Å². The van der Waals surface area contributed by atoms with Crippen LogP contribution in [-0.2, 0) is 4.79 Å². The molecule has 2 heterocycles. The summed E-state index contributed by atoms with van der Waals surface area (Å²) in [5.74, 6) is 6.16. The van der Waals surface area contributed by atoms with E-state index in [0.29, 0.717) is 27.2 Å². The van der Waals surface area contributed by atoms with Gasteiger partial charge in [-0.25, -0.2) is 0 Å². The highest BCUT2D eigenvalue weighted by atomic mass is 35.5. The average Bonchev–Trinajstić information content (AvgIpc) is 3.28. The number of ether oxygens (including phenoxy) is 1. The standard InChI is InChI=1S/C31H19ClN2O2/c1-19(35)36-31-22(18-27(32)26-9-5-17-33-30(26)31)16-13-20-11-14-21(15-12-20)23-7-4-8-25-24-6-2-3-10-28(24)34-29(23)25/h2-12,14-15,17-18,34H,1H3. The van der Waals surface area contributed by atoms with E-state index >= 15 is 0 Å². The molecule has 0 saturated heterocycles. The summed E-state index contributed by atoms with van der Waals surface area (Å²) in [6.45, 7) is 1.35. The molecule has 0 aliphatic heterocycles. The van der Waals surface area contributed by atoms with Crippen molar-refractivity contribution in [3.63, 3.8) is 0 Å². The number of benzene rings is 4. The molecule has 0 spiro atoms. The fourth-order valence-corrected chi connectivity index (χ4v) is 4.76. The highest BCUT2D eigenvalue weighted by molar-refractivity contribution is 6.35. The predicted molar refractivity (Wildman–Crippen MR) is 145 cm³/mol. The molecule has 6 aromatic rings. The van der Waals surface area contributed by atoms with Crippen molar-refractivity contribution in [2.75, 3.05) is 0 Å². The van der Waals surface area contributed by atoms with Crippen LogP contribution in [0.15, 0.2) is 91.1 Å². The van der Waals surface area contributed by atoms with Gasteiger partial charge in [0.15, 0.2) is 5.75 Å². The first kappa shape index (κ1) is 21.9. The number of hydrogen-bond acceptors (Lipinski definition) is 3. The summed E-state index contributed by atoms with van der Waals surface area (Å²) >= 11 is 6.47. The number of fused-ring (bicyclic) bond motifs is 4. The minimum Gasteiger partial charge on any atom is -0.423 e. The molecule has 172 valence electrons. The summed E-state index contributed by atoms with van der Waals surface area (Å²) in [7, 11) is 0. The Balaban J connectivity index is 1.39. The maximum Gasteiger partial charge on any atom is 0.308 e. The lowest BCUT2D eigenvalue weighted by atomic mass is 10.0. The number of nitrogens with one attached hydrogen (secondary N) is 1. The summed E-state index contributed by atoms with van der Waals surface area (Å²) in [5, 5.41) is 3.62. The molecule has 4 aromatic carbocycles. The maximum atomic E-state index is 11.8. The van der Waals surface area contributed by atoms with Crippen molar-refractivity contribution in [2.45, 2.75) is 6.92 Å². The molecule has 2 aromatic heterocycles. The van der Waals surface area contributed by atoms with Crippen LogP contribution in [0.2, 0.25) is 5.02 Å². The van der Waals surface area contributed by atoms with E-state index < -0.39 is 5.97 Å². The molecule has 0 amide bonds. The second-order valence-corrected chi connectivity index (χ2v) is 8.86. The fraction of sp³-hybridized carbons (Fsp3) is 0.0323. The van der Waals surface area contributed by atoms with Crippen molar-refractivity contribution in [3.05, 3.63) is 107 Å². The van der Waals surface area contributed by atoms with Crippen LogP contribution >= 0.6 is 11.6 Å². The summed E-state index contributed by atoms with van der Waals surface area (Å²) in [6, 6.07) is 28.1. The van der Waals surface area contributed by atoms with E-state index in [-0.39, 0.29) is 0 Å². The minimum atomic E-state index is -0.442. The third-order valence-corrected chi connectivity index (χ3v) is 6.43. The predicted octanol–water partition coefficient (Wildman–Crippen LogP) is 7.51. The number of esters is 1. The number of carbonyl (C=O) groups is 1. The van der Waals surface area contributed by atoms with Crippen LogP contribution in [0.3, 0.4) is 0 Å². The number of para-hydroxylation sites is 2. The Kier molecular flexibility index (Phi) is 5.41. The smallest absolute Gasteiger partial charge is 0.308 e. The highest BCUT2D eigenvalue weighted by Gasteiger charge is 2.14. The lowest BCUT2D eigenvalue weighted by molar-refractivity contribution is -0.131. The van der Waals surface area contributed by atoms with Crippen LogP contribution in [0.5, 0.6) is 5.75 Å². The normalized spacial score (nSPS) is 10.9. The molecule has 0 aliphatic rings. The Labute approximate surface area is 212 Å². The third kappa shape index (κ3) is 3.86. The molecular weight excluding hydrogens is 468 g/mol. The van der Waals surface area contributed by atoms with Gasteiger partial charge in [0, 0.05) is 45.9 Å². The van der Waals surface area contributed by atoms with Crippen molar-refractivity contribution in [2.24, 2.45) is 0 Å². The molecule has 0 unspecified atom stereocenters. The van der Waals surface area contributed by atoms with E-state index in [1.165, 1.54) is 17.7 Å². The van der Waals surface area contributed by atoms with Gasteiger partial charge in [-0.2, -0.15) is 0 Å². The van der Waals surface area contributed by atoms with Crippen molar-refractivity contribution >= 4 is 50.3 Å². The zero-order chi connectivity index (χ0) is 24.6. The zero-order valence-corrected chi connectivity index (χ0v) is 20.1. The Morgan fingerprint density at radius 3 is 2.50 bits per heavy atom. The third-order valence-electron chi connectivity index (χ3n) is 6.12. The molecule has 4 nitrogen and oxygen atoms in total. The molecule has 0 atom stereocenters. The highest BCUT2D eigenvalue weighted by Crippen LogP contribution is 2.35. The molecule has 5 heteroatoms. The molecule has 0 bridgehead atoms. The number of aromatic nitrogens is 2. The minimum absolute atomic E-state index is 0.317. The van der Waals surface area contributed by atoms with Crippen LogP contribution < -0.4 is 4.74 Å². The summed E-state index contributed by atoms with van der Waals surface area (Å²) < 4.78 is 5.48. The molecule has 36 heavy (non-hydrogen) atoms. The second-order valence-electron chi connectivity index (χ2n) is 8.45. The van der Waals surface area contributed by atoms with Crippen molar-refractivity contribution in [1.82, 2.24) is 9.97 Å². The van der Waals surface area contributed by atoms with Gasteiger partial charge in [-0.3, -0.25) is 9.78 Å². The Morgan fingerprint density at radius 1 is 0.889 bits per heavy atom. The van der Waals surface area contributed by atoms with E-state index in [9.17, 15) is 4.79 Å². The molecule has 6 rings (SSSR count). The summed E-state index contributed by atoms with van der Waals surface area (Å²) in [5.41, 5.74) is 6.30. The zero-order valence-electron chi connectivity index (χ0n) is 19.3. The number of carbonyl (C=O) groups excluding carboxylic acids is 1. The van der Waals surface area contributed by atoms with E-state index in [1.54, 1.807) is 18.3 Å². The molecular formula is C31H19ClN2O2. The largest absolute Gasteiger partial charge is 0.423 e. The molecule has 0 fully saturated rings. The van der Waals surface area contributed by atoms with Gasteiger partial charge in [0.2, 0.25) is 0 Å². The molecule has 0 saturated carbocycles. The van der Waals surface area contributed by atoms with E-state index in [2.05, 4.69) is 70.3 Å². The van der Waals surface area contributed by atoms with Gasteiger partial charge in [-0.15, -0.1) is 0 Å². The van der Waals surface area contributed by atoms with Crippen LogP contribution in [0.1, 0.15) is 18.1 Å². The fourth-order valence-electron chi connectivity index (χ4n) is 4.50. The van der Waals surface area contributed by atoms with Crippen LogP contribution in [0.25, 0.3) is 43.8 Å². The number of nitrogens with zero attached hydrogens (tertiary/aromatic N) is 1. The van der Waals surface area contributed by atoms with Crippen molar-refractivity contribution in [1.29, 1.82) is 0 Å². The van der Waals surface area contributed by atoms with Crippen LogP contribution in [0, 0.1) is 11.8 Å². The number of hydrogen-bond donors (Lipinski definition) is 1. The van der Waals surface area contributed by atoms with Gasteiger partial charge in [0.1, 0.15) is 5.52 Å². The number of H-pyrrole nitrogens is 1. The summed E-state index contributed by atoms with van der Waals surface area (Å²) in [4.78, 5) is 19.7. The van der Waals surface area contributed by atoms with Crippen LogP contribution in [0.4, 0.5) is 0 Å². The number of pyridine rings is 1. The maximum absolute atomic E-state index is 11.8. The second kappa shape index (κ2) is 8.88. The van der Waals surface area contributed by atoms with Gasteiger partial charge in [-0.1, -0.05) is 72.0 Å². The van der Waals surface area contributed by atoms with E-state index in [0.717, 1.165) is 27.7 Å². The number of rotatable bonds is 2. The molecule has 0 aliphatic carbocycles. The Bertz CT molecular complexity index is 1860. The Hall–Kier alpha value is -4.59. The van der Waals surface area contributed by atoms with Crippen LogP contribution in [-0.4, -0.2) is 15.9 Å². The summed E-state index contributed by atoms with van der Waals surface area (Å²) in [6.07, 6.45) is 1.63. The Morgan fingerprint density at radius 2 is 1.67 bits per heavy atom. The topological polar surface area (TPSA) is 55.0 Å². The van der Waals surface area contributed by atoms with Gasteiger partial charge in [-0.05, 0) is 42.0 Å². The average molecular weight is 487 g/mol.